The van der Waals surface area contributed by atoms with Crippen molar-refractivity contribution in [2.24, 2.45) is 29.6 Å². The summed E-state index contributed by atoms with van der Waals surface area (Å²) >= 11 is 0. The number of fused-ring (bicyclic) bond motifs is 7. The molecule has 1 fully saturated rings. The number of carbonyl (C=O) groups is 2. The smallest absolute Gasteiger partial charge is 0.316 e. The Morgan fingerprint density at radius 2 is 1.52 bits per heavy atom. The van der Waals surface area contributed by atoms with Gasteiger partial charge in [-0.1, -0.05) is 79.2 Å². The predicted octanol–water partition coefficient (Wildman–Crippen LogP) is 9.43. The van der Waals surface area contributed by atoms with Crippen molar-refractivity contribution >= 4 is 35.7 Å². The number of aliphatic hydroxyl groups is 1. The molecule has 1 aliphatic carbocycles. The lowest BCUT2D eigenvalue weighted by Gasteiger charge is -2.21. The van der Waals surface area contributed by atoms with E-state index in [9.17, 15) is 14.7 Å². The van der Waals surface area contributed by atoms with Crippen LogP contribution in [-0.2, 0) is 31.9 Å². The number of esters is 2. The molecule has 9 heteroatoms. The summed E-state index contributed by atoms with van der Waals surface area (Å²) in [6.45, 7) is 22.3. The number of aromatic nitrogens is 3. The van der Waals surface area contributed by atoms with Gasteiger partial charge in [-0.15, -0.1) is 0 Å². The number of hydrogen-bond donors (Lipinski definition) is 5. The van der Waals surface area contributed by atoms with Gasteiger partial charge in [-0.3, -0.25) is 9.59 Å². The Bertz CT molecular complexity index is 2280. The molecule has 0 aromatic carbocycles. The summed E-state index contributed by atoms with van der Waals surface area (Å²) in [5.41, 5.74) is 14.0. The SMILES string of the molecule is CCc1c2[nH]c(c1C)/C=C1\N/C(=C3\c4[nH]c(c(C)c4[C@@H](O)[C@@H]3C(=O)OC)/C=c3\[nH]/c(c(C)c3CC)=C\2)[C@@H](CCC(=O)OC/C=C(\C)CCC[C@@H](C)CCC[C@H](C)CC)[C@@H]1C. The fourth-order valence-corrected chi connectivity index (χ4v) is 10.0. The fourth-order valence-electron chi connectivity index (χ4n) is 10.0. The number of aliphatic hydroxyl groups excluding tert-OH is 1. The van der Waals surface area contributed by atoms with E-state index in [0.717, 1.165) is 88.0 Å². The van der Waals surface area contributed by atoms with Crippen LogP contribution >= 0.6 is 0 Å². The molecule has 2 aliphatic heterocycles. The van der Waals surface area contributed by atoms with Gasteiger partial charge in [0, 0.05) is 68.6 Å². The number of rotatable bonds is 17. The highest BCUT2D eigenvalue weighted by Gasteiger charge is 2.48. The van der Waals surface area contributed by atoms with Crippen LogP contribution < -0.4 is 16.0 Å². The second-order valence-electron chi connectivity index (χ2n) is 18.2. The maximum Gasteiger partial charge on any atom is 0.316 e. The molecular formula is C51H72N4O5. The molecule has 3 aromatic rings. The minimum atomic E-state index is -1.10. The van der Waals surface area contributed by atoms with E-state index in [2.05, 4.69) is 107 Å². The average molecular weight is 821 g/mol. The molecule has 5 N–H and O–H groups in total. The minimum absolute atomic E-state index is 0.0303. The van der Waals surface area contributed by atoms with Gasteiger partial charge in [-0.25, -0.2) is 0 Å². The summed E-state index contributed by atoms with van der Waals surface area (Å²) in [6, 6.07) is 0. The largest absolute Gasteiger partial charge is 0.468 e. The number of nitrogens with one attached hydrogen (secondary N) is 4. The first kappa shape index (κ1) is 45.0. The number of hydrogen-bond acceptors (Lipinski definition) is 6. The summed E-state index contributed by atoms with van der Waals surface area (Å²) in [6.07, 6.45) is 18.5. The summed E-state index contributed by atoms with van der Waals surface area (Å²) in [5.74, 6) is -0.311. The van der Waals surface area contributed by atoms with E-state index in [0.29, 0.717) is 17.6 Å². The van der Waals surface area contributed by atoms with E-state index < -0.39 is 18.0 Å². The zero-order chi connectivity index (χ0) is 43.4. The molecule has 326 valence electrons. The third-order valence-electron chi connectivity index (χ3n) is 14.2. The molecule has 8 bridgehead atoms. The topological polar surface area (TPSA) is 132 Å². The normalized spacial score (nSPS) is 23.9. The Kier molecular flexibility index (Phi) is 14.6. The Morgan fingerprint density at radius 3 is 2.22 bits per heavy atom. The van der Waals surface area contributed by atoms with Crippen molar-refractivity contribution < 1.29 is 24.2 Å². The third kappa shape index (κ3) is 9.21. The van der Waals surface area contributed by atoms with Crippen molar-refractivity contribution in [3.05, 3.63) is 89.9 Å². The zero-order valence-corrected chi connectivity index (χ0v) is 38.3. The van der Waals surface area contributed by atoms with Crippen molar-refractivity contribution in [1.29, 1.82) is 0 Å². The molecule has 60 heavy (non-hydrogen) atoms. The van der Waals surface area contributed by atoms with Crippen LogP contribution in [0.4, 0.5) is 0 Å². The quantitative estimate of drug-likeness (QED) is 0.0682. The maximum absolute atomic E-state index is 13.7. The average Bonchev–Trinajstić information content (AvgIpc) is 3.97. The summed E-state index contributed by atoms with van der Waals surface area (Å²) in [5, 5.41) is 17.8. The van der Waals surface area contributed by atoms with Gasteiger partial charge in [0.2, 0.25) is 0 Å². The maximum atomic E-state index is 13.7. The summed E-state index contributed by atoms with van der Waals surface area (Å²) in [7, 11) is 1.37. The molecule has 0 unspecified atom stereocenters. The Morgan fingerprint density at radius 1 is 0.833 bits per heavy atom. The number of aromatic amines is 3. The number of carbonyl (C=O) groups excluding carboxylic acids is 2. The van der Waals surface area contributed by atoms with Gasteiger partial charge >= 0.3 is 11.9 Å². The van der Waals surface area contributed by atoms with Gasteiger partial charge in [0.1, 0.15) is 12.5 Å². The van der Waals surface area contributed by atoms with Crippen molar-refractivity contribution in [1.82, 2.24) is 20.3 Å². The molecule has 0 radical (unpaired) electrons. The molecule has 0 saturated carbocycles. The standard InChI is InChI=1S/C51H72N4O5/c1-12-28(4)17-15-18-29(5)19-16-20-30(6)23-24-60-44(56)22-21-37-33(9)40-25-38-31(7)35(13-2)42(52-38)26-39-32(8)36(14-3)43(53-39)27-41-34(10)45-49(55-41)46(48(37)54-40)47(50(45)57)51(58)59-11/h23,25-29,33,37,47,50,52-55,57H,12-22,24H2,1-11H3/b30-23+,39-26-,40-25-,43-27-,48-46-/t28-,29+,33+,37+,47-,50-/m1/s1. The van der Waals surface area contributed by atoms with Gasteiger partial charge in [-0.2, -0.15) is 0 Å². The Hall–Kier alpha value is -4.50. The van der Waals surface area contributed by atoms with Crippen LogP contribution in [0.2, 0.25) is 0 Å². The first-order chi connectivity index (χ1) is 28.7. The fraction of sp³-hybridized carbons (Fsp3) is 0.569. The lowest BCUT2D eigenvalue weighted by Crippen LogP contribution is -2.24. The van der Waals surface area contributed by atoms with Crippen LogP contribution in [0.1, 0.15) is 169 Å². The van der Waals surface area contributed by atoms with E-state index in [1.54, 1.807) is 0 Å². The van der Waals surface area contributed by atoms with E-state index in [-0.39, 0.29) is 30.8 Å². The Labute approximate surface area is 358 Å². The Balaban J connectivity index is 1.31. The highest BCUT2D eigenvalue weighted by atomic mass is 16.5. The van der Waals surface area contributed by atoms with Crippen molar-refractivity contribution in [3.8, 4) is 0 Å². The molecule has 6 atom stereocenters. The van der Waals surface area contributed by atoms with Crippen molar-refractivity contribution in [2.75, 3.05) is 13.7 Å². The molecule has 0 amide bonds. The van der Waals surface area contributed by atoms with E-state index in [1.807, 2.05) is 6.92 Å². The van der Waals surface area contributed by atoms with Crippen LogP contribution in [0, 0.1) is 50.4 Å². The van der Waals surface area contributed by atoms with Crippen LogP contribution in [-0.4, -0.2) is 45.7 Å². The molecule has 6 rings (SSSR count). The predicted molar refractivity (Wildman–Crippen MR) is 243 cm³/mol. The number of H-pyrrole nitrogens is 3. The lowest BCUT2D eigenvalue weighted by molar-refractivity contribution is -0.146. The lowest BCUT2D eigenvalue weighted by atomic mass is 9.84. The second kappa shape index (κ2) is 19.5. The van der Waals surface area contributed by atoms with E-state index in [4.69, 9.17) is 9.47 Å². The van der Waals surface area contributed by atoms with Crippen LogP contribution in [0.5, 0.6) is 0 Å². The number of methoxy groups -OCH3 is 1. The van der Waals surface area contributed by atoms with Gasteiger partial charge in [-0.05, 0) is 124 Å². The molecule has 3 aromatic heterocycles. The van der Waals surface area contributed by atoms with E-state index >= 15 is 0 Å². The van der Waals surface area contributed by atoms with Gasteiger partial charge in [0.15, 0.2) is 0 Å². The molecule has 1 saturated heterocycles. The second-order valence-corrected chi connectivity index (χ2v) is 18.2. The van der Waals surface area contributed by atoms with Crippen molar-refractivity contribution in [3.63, 3.8) is 0 Å². The molecule has 0 spiro atoms. The number of allylic oxidation sites excluding steroid dienone is 3. The van der Waals surface area contributed by atoms with Gasteiger partial charge in [0.25, 0.3) is 0 Å². The van der Waals surface area contributed by atoms with Crippen LogP contribution in [0.15, 0.2) is 23.0 Å². The minimum Gasteiger partial charge on any atom is -0.468 e. The molecule has 3 aliphatic rings. The summed E-state index contributed by atoms with van der Waals surface area (Å²) in [4.78, 5) is 38.2. The monoisotopic (exact) mass is 821 g/mol. The van der Waals surface area contributed by atoms with Crippen LogP contribution in [0.3, 0.4) is 0 Å². The molecule has 5 heterocycles. The molecule has 9 nitrogen and oxygen atoms in total. The zero-order valence-electron chi connectivity index (χ0n) is 38.3. The highest BCUT2D eigenvalue weighted by Crippen LogP contribution is 2.52. The summed E-state index contributed by atoms with van der Waals surface area (Å²) < 4.78 is 11.2. The van der Waals surface area contributed by atoms with Gasteiger partial charge in [0.05, 0.1) is 18.9 Å². The first-order valence-electron chi connectivity index (χ1n) is 22.9. The first-order valence-corrected chi connectivity index (χ1v) is 22.9. The van der Waals surface area contributed by atoms with Gasteiger partial charge < -0.3 is 34.8 Å². The number of ether oxygens (including phenoxy) is 2. The molecular weight excluding hydrogens is 749 g/mol. The third-order valence-corrected chi connectivity index (χ3v) is 14.2. The van der Waals surface area contributed by atoms with Crippen molar-refractivity contribution in [2.45, 2.75) is 146 Å². The highest BCUT2D eigenvalue weighted by molar-refractivity contribution is 5.95. The van der Waals surface area contributed by atoms with E-state index in [1.165, 1.54) is 67.0 Å². The van der Waals surface area contributed by atoms with Crippen LogP contribution in [0.25, 0.3) is 23.8 Å².